The van der Waals surface area contributed by atoms with E-state index in [-0.39, 0.29) is 0 Å². The summed E-state index contributed by atoms with van der Waals surface area (Å²) in [6.45, 7) is 8.22. The van der Waals surface area contributed by atoms with Gasteiger partial charge < -0.3 is 0 Å². The van der Waals surface area contributed by atoms with E-state index in [4.69, 9.17) is 0 Å². The van der Waals surface area contributed by atoms with Gasteiger partial charge in [-0.15, -0.1) is 0 Å². The van der Waals surface area contributed by atoms with Gasteiger partial charge in [-0.25, -0.2) is 0 Å². The number of rotatable bonds is 1. The quantitative estimate of drug-likeness (QED) is 0.331. The molecule has 0 heterocycles. The molecule has 0 aromatic heterocycles. The molecule has 0 spiro atoms. The van der Waals surface area contributed by atoms with Gasteiger partial charge in [-0.3, -0.25) is 0 Å². The third-order valence-corrected chi connectivity index (χ3v) is 0.167. The molecule has 0 amide bonds. The van der Waals surface area contributed by atoms with Crippen LogP contribution in [0.3, 0.4) is 0 Å². The minimum Gasteiger partial charge on any atom is -0.0999 e. The van der Waals surface area contributed by atoms with Crippen LogP contribution in [0.4, 0.5) is 0 Å². The van der Waals surface area contributed by atoms with Crippen molar-refractivity contribution < 1.29 is 0 Å². The van der Waals surface area contributed by atoms with Crippen molar-refractivity contribution in [3.05, 3.63) is 25.3 Å². The maximum atomic E-state index is 4.50. The molecule has 0 bridgehead atoms. The van der Waals surface area contributed by atoms with Crippen molar-refractivity contribution in [2.75, 3.05) is 0 Å². The predicted molar refractivity (Wildman–Crippen MR) is 32.0 cm³/mol. The Balaban J connectivity index is 0. The molecule has 0 N–H and O–H groups in total. The van der Waals surface area contributed by atoms with E-state index in [1.165, 1.54) is 6.82 Å². The van der Waals surface area contributed by atoms with Crippen LogP contribution in [0.1, 0.15) is 0 Å². The lowest BCUT2D eigenvalue weighted by Gasteiger charge is -1.44. The summed E-state index contributed by atoms with van der Waals surface area (Å²) in [5.41, 5.74) is 0. The monoisotopic (exact) mass is 80.1 g/mol. The number of hydrogen-bond donors (Lipinski definition) is 0. The second kappa shape index (κ2) is 23.9. The van der Waals surface area contributed by atoms with Gasteiger partial charge in [-0.2, -0.15) is 0 Å². The fourth-order valence-electron chi connectivity index (χ4n) is 0. The van der Waals surface area contributed by atoms with Gasteiger partial charge in [-0.05, 0) is 0 Å². The third-order valence-electron chi connectivity index (χ3n) is 0.167. The van der Waals surface area contributed by atoms with Crippen LogP contribution in [-0.2, 0) is 0 Å². The molecule has 0 aromatic rings. The van der Waals surface area contributed by atoms with E-state index in [0.717, 1.165) is 0 Å². The minimum atomic E-state index is 1.50. The van der Waals surface area contributed by atoms with Crippen molar-refractivity contribution in [3.8, 4) is 0 Å². The molecule has 0 saturated heterocycles. The summed E-state index contributed by atoms with van der Waals surface area (Å²) in [5, 5.41) is 0. The minimum absolute atomic E-state index is 1.50. The van der Waals surface area contributed by atoms with Crippen molar-refractivity contribution in [1.82, 2.24) is 0 Å². The first-order valence-electron chi connectivity index (χ1n) is 1.73. The first-order chi connectivity index (χ1) is 2.91. The van der Waals surface area contributed by atoms with E-state index < -0.39 is 0 Å². The van der Waals surface area contributed by atoms with Gasteiger partial charge in [0.1, 0.15) is 0 Å². The molecule has 0 aliphatic rings. The lowest BCUT2D eigenvalue weighted by molar-refractivity contribution is 2.15. The van der Waals surface area contributed by atoms with E-state index in [1.807, 2.05) is 0 Å². The molecule has 1 heteroatoms. The van der Waals surface area contributed by atoms with Crippen LogP contribution in [0.25, 0.3) is 0 Å². The highest BCUT2D eigenvalue weighted by atomic mass is 13.4. The Morgan fingerprint density at radius 2 is 1.33 bits per heavy atom. The fourth-order valence-corrected chi connectivity index (χ4v) is 0. The second-order valence-corrected chi connectivity index (χ2v) is 0.471. The van der Waals surface area contributed by atoms with Crippen LogP contribution in [0, 0.1) is 0 Å². The van der Waals surface area contributed by atoms with Crippen LogP contribution in [0.15, 0.2) is 25.3 Å². The maximum Gasteiger partial charge on any atom is 0.0606 e. The zero-order chi connectivity index (χ0) is 5.41. The summed E-state index contributed by atoms with van der Waals surface area (Å²) in [7, 11) is 4.50. The van der Waals surface area contributed by atoms with Crippen LogP contribution >= 0.6 is 0 Å². The molecule has 6 heavy (non-hydrogen) atoms. The fraction of sp³-hybridized carbons (Fsp3) is 0.200. The highest BCUT2D eigenvalue weighted by Crippen LogP contribution is 1.52. The second-order valence-electron chi connectivity index (χ2n) is 0.471. The van der Waals surface area contributed by atoms with Crippen LogP contribution in [0.5, 0.6) is 0 Å². The lowest BCUT2D eigenvalue weighted by Crippen LogP contribution is -1.21. The molecular formula is C5H9B. The Morgan fingerprint density at radius 1 is 1.17 bits per heavy atom. The lowest BCUT2D eigenvalue weighted by atomic mass is 10.2. The topological polar surface area (TPSA) is 0 Å². The summed E-state index contributed by atoms with van der Waals surface area (Å²) in [4.78, 5) is 0. The Morgan fingerprint density at radius 3 is 1.33 bits per heavy atom. The molecule has 32 valence electrons. The molecule has 0 rings (SSSR count). The Labute approximate surface area is 41.0 Å². The standard InChI is InChI=1S/C4H6.CH3B/c1-3-4-2;1-2/h3-4H,1-2H2;1H3. The first-order valence-corrected chi connectivity index (χ1v) is 1.73. The average Bonchev–Trinajstić information content (AvgIpc) is 1.72. The normalized spacial score (nSPS) is 4.17. The maximum absolute atomic E-state index is 4.50. The van der Waals surface area contributed by atoms with Gasteiger partial charge in [0, 0.05) is 0 Å². The average molecular weight is 79.9 g/mol. The van der Waals surface area contributed by atoms with Gasteiger partial charge in [0.25, 0.3) is 0 Å². The zero-order valence-electron chi connectivity index (χ0n) is 4.15. The molecule has 0 aliphatic carbocycles. The van der Waals surface area contributed by atoms with Crippen LogP contribution in [0.2, 0.25) is 6.82 Å². The SMILES string of the molecule is C=CC=C.[B]C. The molecule has 0 aliphatic heterocycles. The van der Waals surface area contributed by atoms with E-state index in [9.17, 15) is 0 Å². The predicted octanol–water partition coefficient (Wildman–Crippen LogP) is 1.56. The van der Waals surface area contributed by atoms with Gasteiger partial charge in [0.05, 0.1) is 7.85 Å². The summed E-state index contributed by atoms with van der Waals surface area (Å²) in [5.74, 6) is 0. The molecule has 0 nitrogen and oxygen atoms in total. The molecule has 0 saturated carbocycles. The number of allylic oxidation sites excluding steroid dienone is 2. The Kier molecular flexibility index (Phi) is 36.4. The van der Waals surface area contributed by atoms with Crippen molar-refractivity contribution in [3.63, 3.8) is 0 Å². The zero-order valence-corrected chi connectivity index (χ0v) is 4.15. The van der Waals surface area contributed by atoms with E-state index in [1.54, 1.807) is 12.2 Å². The van der Waals surface area contributed by atoms with Crippen LogP contribution < -0.4 is 0 Å². The van der Waals surface area contributed by atoms with Crippen LogP contribution in [-0.4, -0.2) is 7.85 Å². The first kappa shape index (κ1) is 9.11. The Hall–Kier alpha value is -0.455. The van der Waals surface area contributed by atoms with Gasteiger partial charge in [0.2, 0.25) is 0 Å². The molecular weight excluding hydrogens is 70.9 g/mol. The van der Waals surface area contributed by atoms with Gasteiger partial charge in [0.15, 0.2) is 0 Å². The van der Waals surface area contributed by atoms with Crippen molar-refractivity contribution in [1.29, 1.82) is 0 Å². The molecule has 0 fully saturated rings. The largest absolute Gasteiger partial charge is 0.0999 e. The van der Waals surface area contributed by atoms with Crippen molar-refractivity contribution in [2.45, 2.75) is 6.82 Å². The summed E-state index contributed by atoms with van der Waals surface area (Å²) < 4.78 is 0. The summed E-state index contributed by atoms with van der Waals surface area (Å²) in [6.07, 6.45) is 3.28. The Bertz CT molecular complexity index is 24.9. The number of hydrogen-bond acceptors (Lipinski definition) is 0. The smallest absolute Gasteiger partial charge is 0.0606 e. The molecule has 2 radical (unpaired) electrons. The molecule has 0 aromatic carbocycles. The van der Waals surface area contributed by atoms with Gasteiger partial charge in [-0.1, -0.05) is 32.1 Å². The summed E-state index contributed by atoms with van der Waals surface area (Å²) in [6, 6.07) is 0. The summed E-state index contributed by atoms with van der Waals surface area (Å²) >= 11 is 0. The van der Waals surface area contributed by atoms with Crippen molar-refractivity contribution in [2.24, 2.45) is 0 Å². The third kappa shape index (κ3) is 77.3. The van der Waals surface area contributed by atoms with E-state index in [0.29, 0.717) is 0 Å². The molecule has 0 atom stereocenters. The van der Waals surface area contributed by atoms with Crippen molar-refractivity contribution >= 4 is 7.85 Å². The highest BCUT2D eigenvalue weighted by Gasteiger charge is 1.29. The molecule has 0 unspecified atom stereocenters. The highest BCUT2D eigenvalue weighted by molar-refractivity contribution is 6.05. The van der Waals surface area contributed by atoms with E-state index in [2.05, 4.69) is 21.0 Å². The van der Waals surface area contributed by atoms with Gasteiger partial charge >= 0.3 is 0 Å². The van der Waals surface area contributed by atoms with E-state index >= 15 is 0 Å².